The quantitative estimate of drug-likeness (QED) is 0.778. The second-order valence-corrected chi connectivity index (χ2v) is 5.47. The maximum absolute atomic E-state index is 5.75. The number of hydrogen-bond donors (Lipinski definition) is 1. The Morgan fingerprint density at radius 3 is 2.12 bits per heavy atom. The number of benzene rings is 1. The molecule has 2 N–H and O–H groups in total. The molecule has 0 saturated heterocycles. The highest BCUT2D eigenvalue weighted by molar-refractivity contribution is 5.23. The summed E-state index contributed by atoms with van der Waals surface area (Å²) in [5, 5.41) is 0. The summed E-state index contributed by atoms with van der Waals surface area (Å²) in [7, 11) is 0. The lowest BCUT2D eigenvalue weighted by molar-refractivity contribution is 0.377. The van der Waals surface area contributed by atoms with Gasteiger partial charge >= 0.3 is 0 Å². The largest absolute Gasteiger partial charge is 0.330 e. The van der Waals surface area contributed by atoms with Gasteiger partial charge in [0.25, 0.3) is 0 Å². The predicted molar refractivity (Wildman–Crippen MR) is 71.6 cm³/mol. The smallest absolute Gasteiger partial charge is 0.00226 e. The molecule has 1 heteroatoms. The zero-order chi connectivity index (χ0) is 12.0. The molecule has 90 valence electrons. The minimum atomic E-state index is 0.213. The SMILES string of the molecule is CCCCc1ccc(CC(C)(C)CN)cc1. The average Bonchev–Trinajstić information content (AvgIpc) is 2.28. The Bertz CT molecular complexity index is 298. The molecule has 1 rings (SSSR count). The first-order valence-corrected chi connectivity index (χ1v) is 6.35. The number of nitrogens with two attached hydrogens (primary N) is 1. The van der Waals surface area contributed by atoms with Crippen LogP contribution < -0.4 is 5.73 Å². The fourth-order valence-electron chi connectivity index (χ4n) is 1.83. The van der Waals surface area contributed by atoms with E-state index in [2.05, 4.69) is 45.0 Å². The molecule has 0 unspecified atom stereocenters. The summed E-state index contributed by atoms with van der Waals surface area (Å²) in [5.74, 6) is 0. The minimum absolute atomic E-state index is 0.213. The van der Waals surface area contributed by atoms with E-state index in [1.165, 1.54) is 30.4 Å². The van der Waals surface area contributed by atoms with Gasteiger partial charge in [-0.1, -0.05) is 51.5 Å². The number of hydrogen-bond acceptors (Lipinski definition) is 1. The Hall–Kier alpha value is -0.820. The molecule has 0 fully saturated rings. The molecular formula is C15H25N. The second-order valence-electron chi connectivity index (χ2n) is 5.47. The number of aryl methyl sites for hydroxylation is 1. The highest BCUT2D eigenvalue weighted by Gasteiger charge is 2.15. The summed E-state index contributed by atoms with van der Waals surface area (Å²) in [4.78, 5) is 0. The molecule has 0 atom stereocenters. The van der Waals surface area contributed by atoms with E-state index in [1.54, 1.807) is 0 Å². The van der Waals surface area contributed by atoms with Crippen LogP contribution in [0.2, 0.25) is 0 Å². The van der Waals surface area contributed by atoms with Gasteiger partial charge in [-0.2, -0.15) is 0 Å². The molecule has 1 nitrogen and oxygen atoms in total. The van der Waals surface area contributed by atoms with Crippen molar-refractivity contribution in [3.63, 3.8) is 0 Å². The minimum Gasteiger partial charge on any atom is -0.330 e. The molecule has 0 aliphatic rings. The third-order valence-corrected chi connectivity index (χ3v) is 3.08. The van der Waals surface area contributed by atoms with Crippen molar-refractivity contribution in [3.8, 4) is 0 Å². The molecule has 0 radical (unpaired) electrons. The van der Waals surface area contributed by atoms with Crippen LogP contribution in [-0.2, 0) is 12.8 Å². The summed E-state index contributed by atoms with van der Waals surface area (Å²) in [5.41, 5.74) is 8.82. The molecule has 0 spiro atoms. The van der Waals surface area contributed by atoms with E-state index in [9.17, 15) is 0 Å². The van der Waals surface area contributed by atoms with Crippen molar-refractivity contribution in [1.82, 2.24) is 0 Å². The van der Waals surface area contributed by atoms with Gasteiger partial charge in [-0.3, -0.25) is 0 Å². The van der Waals surface area contributed by atoms with E-state index >= 15 is 0 Å². The van der Waals surface area contributed by atoms with Crippen molar-refractivity contribution in [2.45, 2.75) is 46.5 Å². The van der Waals surface area contributed by atoms with Crippen molar-refractivity contribution < 1.29 is 0 Å². The third-order valence-electron chi connectivity index (χ3n) is 3.08. The molecule has 0 heterocycles. The zero-order valence-electron chi connectivity index (χ0n) is 10.9. The molecule has 16 heavy (non-hydrogen) atoms. The van der Waals surface area contributed by atoms with Gasteiger partial charge in [0.15, 0.2) is 0 Å². The highest BCUT2D eigenvalue weighted by atomic mass is 14.6. The number of rotatable bonds is 6. The zero-order valence-corrected chi connectivity index (χ0v) is 10.9. The third kappa shape index (κ3) is 4.36. The molecule has 0 bridgehead atoms. The van der Waals surface area contributed by atoms with Crippen molar-refractivity contribution in [3.05, 3.63) is 35.4 Å². The van der Waals surface area contributed by atoms with Crippen LogP contribution in [-0.4, -0.2) is 6.54 Å². The molecule has 0 aromatic heterocycles. The van der Waals surface area contributed by atoms with Crippen LogP contribution in [0.4, 0.5) is 0 Å². The van der Waals surface area contributed by atoms with Gasteiger partial charge in [0.2, 0.25) is 0 Å². The lowest BCUT2D eigenvalue weighted by Gasteiger charge is -2.22. The molecule has 0 aliphatic carbocycles. The van der Waals surface area contributed by atoms with Gasteiger partial charge in [-0.05, 0) is 42.3 Å². The van der Waals surface area contributed by atoms with Gasteiger partial charge in [0, 0.05) is 0 Å². The van der Waals surface area contributed by atoms with Gasteiger partial charge in [0.05, 0.1) is 0 Å². The maximum atomic E-state index is 5.75. The highest BCUT2D eigenvalue weighted by Crippen LogP contribution is 2.20. The van der Waals surface area contributed by atoms with Crippen LogP contribution in [0.3, 0.4) is 0 Å². The summed E-state index contributed by atoms with van der Waals surface area (Å²) in [6.45, 7) is 7.42. The van der Waals surface area contributed by atoms with Crippen molar-refractivity contribution >= 4 is 0 Å². The van der Waals surface area contributed by atoms with Crippen LogP contribution >= 0.6 is 0 Å². The van der Waals surface area contributed by atoms with Crippen molar-refractivity contribution in [2.75, 3.05) is 6.54 Å². The van der Waals surface area contributed by atoms with E-state index in [1.807, 2.05) is 0 Å². The van der Waals surface area contributed by atoms with E-state index in [-0.39, 0.29) is 5.41 Å². The standard InChI is InChI=1S/C15H25N/c1-4-5-6-13-7-9-14(10-8-13)11-15(2,3)12-16/h7-10H,4-6,11-12,16H2,1-3H3. The molecular weight excluding hydrogens is 194 g/mol. The normalized spacial score (nSPS) is 11.8. The monoisotopic (exact) mass is 219 g/mol. The van der Waals surface area contributed by atoms with E-state index in [0.29, 0.717) is 0 Å². The van der Waals surface area contributed by atoms with Crippen LogP contribution in [0.25, 0.3) is 0 Å². The lowest BCUT2D eigenvalue weighted by atomic mass is 9.86. The molecule has 1 aromatic rings. The van der Waals surface area contributed by atoms with Crippen LogP contribution in [0.15, 0.2) is 24.3 Å². The van der Waals surface area contributed by atoms with Gasteiger partial charge in [0.1, 0.15) is 0 Å². The molecule has 0 aliphatic heterocycles. The van der Waals surface area contributed by atoms with E-state index in [4.69, 9.17) is 5.73 Å². The molecule has 0 saturated carbocycles. The van der Waals surface area contributed by atoms with Gasteiger partial charge in [-0.25, -0.2) is 0 Å². The Morgan fingerprint density at radius 2 is 1.62 bits per heavy atom. The Morgan fingerprint density at radius 1 is 1.06 bits per heavy atom. The summed E-state index contributed by atoms with van der Waals surface area (Å²) < 4.78 is 0. The lowest BCUT2D eigenvalue weighted by Crippen LogP contribution is -2.25. The average molecular weight is 219 g/mol. The van der Waals surface area contributed by atoms with Crippen LogP contribution in [0, 0.1) is 5.41 Å². The predicted octanol–water partition coefficient (Wildman–Crippen LogP) is 3.56. The van der Waals surface area contributed by atoms with Crippen LogP contribution in [0.5, 0.6) is 0 Å². The van der Waals surface area contributed by atoms with Crippen LogP contribution in [0.1, 0.15) is 44.7 Å². The van der Waals surface area contributed by atoms with E-state index < -0.39 is 0 Å². The second kappa shape index (κ2) is 6.05. The fraction of sp³-hybridized carbons (Fsp3) is 0.600. The summed E-state index contributed by atoms with van der Waals surface area (Å²) in [6, 6.07) is 9.03. The Balaban J connectivity index is 2.57. The Kier molecular flexibility index (Phi) is 5.01. The summed E-state index contributed by atoms with van der Waals surface area (Å²) >= 11 is 0. The first kappa shape index (κ1) is 13.2. The van der Waals surface area contributed by atoms with Crippen molar-refractivity contribution in [1.29, 1.82) is 0 Å². The van der Waals surface area contributed by atoms with Crippen molar-refractivity contribution in [2.24, 2.45) is 11.1 Å². The first-order valence-electron chi connectivity index (χ1n) is 6.35. The van der Waals surface area contributed by atoms with E-state index in [0.717, 1.165) is 13.0 Å². The molecule has 1 aromatic carbocycles. The summed E-state index contributed by atoms with van der Waals surface area (Å²) in [6.07, 6.45) is 4.82. The fourth-order valence-corrected chi connectivity index (χ4v) is 1.83. The molecule has 0 amide bonds. The van der Waals surface area contributed by atoms with Gasteiger partial charge in [-0.15, -0.1) is 0 Å². The first-order chi connectivity index (χ1) is 7.57. The van der Waals surface area contributed by atoms with Gasteiger partial charge < -0.3 is 5.73 Å². The number of unbranched alkanes of at least 4 members (excludes halogenated alkanes) is 1. The topological polar surface area (TPSA) is 26.0 Å². The maximum Gasteiger partial charge on any atom is -0.00226 e. The Labute approximate surface area is 100 Å².